The summed E-state index contributed by atoms with van der Waals surface area (Å²) in [6, 6.07) is 4.37. The Morgan fingerprint density at radius 2 is 2.00 bits per heavy atom. The van der Waals surface area contributed by atoms with Crippen LogP contribution in [-0.2, 0) is 0 Å². The van der Waals surface area contributed by atoms with E-state index in [9.17, 15) is 4.39 Å². The highest BCUT2D eigenvalue weighted by Gasteiger charge is 2.18. The lowest BCUT2D eigenvalue weighted by atomic mass is 10.4. The molecule has 1 aliphatic heterocycles. The van der Waals surface area contributed by atoms with Gasteiger partial charge in [-0.15, -0.1) is 0 Å². The van der Waals surface area contributed by atoms with Crippen LogP contribution in [0.2, 0.25) is 0 Å². The Morgan fingerprint density at radius 1 is 1.22 bits per heavy atom. The summed E-state index contributed by atoms with van der Waals surface area (Å²) < 4.78 is 16.9. The fourth-order valence-corrected chi connectivity index (χ4v) is 0.638. The average molecular weight is 127 g/mol. The number of hydrogen-bond acceptors (Lipinski definition) is 2. The molecule has 1 aliphatic rings. The van der Waals surface area contributed by atoms with Crippen LogP contribution in [0.25, 0.3) is 0 Å². The quantitative estimate of drug-likeness (QED) is 0.551. The van der Waals surface area contributed by atoms with E-state index in [2.05, 4.69) is 0 Å². The minimum absolute atomic E-state index is 0. The van der Waals surface area contributed by atoms with Crippen LogP contribution in [0.1, 0.15) is 0 Å². The molecule has 1 heterocycles. The van der Waals surface area contributed by atoms with E-state index in [0.717, 1.165) is 5.75 Å². The second kappa shape index (κ2) is 1.70. The van der Waals surface area contributed by atoms with Crippen LogP contribution >= 0.6 is 0 Å². The molecule has 0 unspecified atom stereocenters. The first-order chi connectivity index (χ1) is 3.86. The van der Waals surface area contributed by atoms with Crippen molar-refractivity contribution in [3.8, 4) is 11.5 Å². The predicted molar refractivity (Wildman–Crippen MR) is 31.5 cm³/mol. The van der Waals surface area contributed by atoms with Crippen LogP contribution in [0.4, 0.5) is 4.39 Å². The summed E-state index contributed by atoms with van der Waals surface area (Å²) >= 11 is 0. The van der Waals surface area contributed by atoms with E-state index >= 15 is 0 Å². The van der Waals surface area contributed by atoms with Crippen molar-refractivity contribution in [1.82, 2.24) is 6.15 Å². The van der Waals surface area contributed by atoms with Gasteiger partial charge in [0.2, 0.25) is 0 Å². The minimum Gasteiger partial charge on any atom is -0.449 e. The van der Waals surface area contributed by atoms with Crippen molar-refractivity contribution in [2.75, 3.05) is 0 Å². The van der Waals surface area contributed by atoms with E-state index in [1.807, 2.05) is 0 Å². The number of halogens is 1. The van der Waals surface area contributed by atoms with Gasteiger partial charge in [0, 0.05) is 6.07 Å². The highest BCUT2D eigenvalue weighted by Crippen LogP contribution is 2.44. The van der Waals surface area contributed by atoms with E-state index in [0.29, 0.717) is 5.75 Å². The predicted octanol–water partition coefficient (Wildman–Crippen LogP) is 2.09. The first-order valence-electron chi connectivity index (χ1n) is 2.34. The topological polar surface area (TPSA) is 47.5 Å². The van der Waals surface area contributed by atoms with Crippen LogP contribution in [0.3, 0.4) is 0 Å². The van der Waals surface area contributed by atoms with Gasteiger partial charge in [0.1, 0.15) is 5.82 Å². The van der Waals surface area contributed by atoms with Gasteiger partial charge in [0.15, 0.2) is 11.5 Å². The Kier molecular flexibility index (Phi) is 1.14. The molecule has 1 aromatic carbocycles. The molecule has 0 saturated carbocycles. The third kappa shape index (κ3) is 0.861. The Hall–Kier alpha value is -1.09. The van der Waals surface area contributed by atoms with Gasteiger partial charge in [-0.05, 0) is 12.1 Å². The summed E-state index contributed by atoms with van der Waals surface area (Å²) in [5.41, 5.74) is 0. The van der Waals surface area contributed by atoms with Crippen molar-refractivity contribution >= 4 is 0 Å². The molecule has 0 aromatic heterocycles. The first-order valence-corrected chi connectivity index (χ1v) is 2.34. The normalized spacial score (nSPS) is 10.8. The molecule has 0 atom stereocenters. The SMILES string of the molecule is Fc1ccc2c(c1)O2.N. The van der Waals surface area contributed by atoms with Crippen molar-refractivity contribution < 1.29 is 9.13 Å². The molecule has 1 aromatic rings. The molecule has 48 valence electrons. The van der Waals surface area contributed by atoms with Gasteiger partial charge in [-0.1, -0.05) is 0 Å². The van der Waals surface area contributed by atoms with Gasteiger partial charge in [0.25, 0.3) is 0 Å². The standard InChI is InChI=1S/C6H3FO.H3N/c7-4-1-2-5-6(3-4)8-5;/h1-3H;1H3. The zero-order valence-electron chi connectivity index (χ0n) is 4.73. The van der Waals surface area contributed by atoms with Crippen LogP contribution in [0.5, 0.6) is 11.5 Å². The minimum atomic E-state index is -0.235. The smallest absolute Gasteiger partial charge is 0.173 e. The summed E-state index contributed by atoms with van der Waals surface area (Å²) in [5.74, 6) is 1.23. The maximum absolute atomic E-state index is 12.1. The second-order valence-electron chi connectivity index (χ2n) is 1.69. The van der Waals surface area contributed by atoms with Gasteiger partial charge in [-0.3, -0.25) is 0 Å². The Morgan fingerprint density at radius 3 is 2.56 bits per heavy atom. The number of fused-ring (bicyclic) bond motifs is 1. The Labute approximate surface area is 51.8 Å². The summed E-state index contributed by atoms with van der Waals surface area (Å²) in [5, 5.41) is 0. The molecule has 0 aliphatic carbocycles. The summed E-state index contributed by atoms with van der Waals surface area (Å²) in [7, 11) is 0. The van der Waals surface area contributed by atoms with E-state index < -0.39 is 0 Å². The van der Waals surface area contributed by atoms with Crippen LogP contribution in [0, 0.1) is 5.82 Å². The third-order valence-corrected chi connectivity index (χ3v) is 1.08. The van der Waals surface area contributed by atoms with Gasteiger partial charge in [0.05, 0.1) is 0 Å². The number of rotatable bonds is 0. The lowest BCUT2D eigenvalue weighted by Gasteiger charge is -1.73. The van der Waals surface area contributed by atoms with Crippen molar-refractivity contribution in [3.05, 3.63) is 24.0 Å². The highest BCUT2D eigenvalue weighted by atomic mass is 19.1. The van der Waals surface area contributed by atoms with Crippen molar-refractivity contribution in [2.24, 2.45) is 0 Å². The monoisotopic (exact) mass is 127 g/mol. The second-order valence-corrected chi connectivity index (χ2v) is 1.69. The van der Waals surface area contributed by atoms with Crippen LogP contribution in [0.15, 0.2) is 18.2 Å². The zero-order valence-corrected chi connectivity index (χ0v) is 4.73. The summed E-state index contributed by atoms with van der Waals surface area (Å²) in [6.45, 7) is 0. The van der Waals surface area contributed by atoms with E-state index in [1.54, 1.807) is 6.07 Å². The molecule has 2 rings (SSSR count). The van der Waals surface area contributed by atoms with E-state index in [-0.39, 0.29) is 12.0 Å². The Bertz CT molecular complexity index is 236. The molecule has 0 radical (unpaired) electrons. The van der Waals surface area contributed by atoms with Gasteiger partial charge in [-0.2, -0.15) is 0 Å². The molecule has 9 heavy (non-hydrogen) atoms. The molecule has 0 bridgehead atoms. The lowest BCUT2D eigenvalue weighted by molar-refractivity contribution is 0.620. The molecule has 3 heteroatoms. The Balaban J connectivity index is 0.000000405. The fourth-order valence-electron chi connectivity index (χ4n) is 0.638. The molecule has 0 fully saturated rings. The zero-order chi connectivity index (χ0) is 5.56. The summed E-state index contributed by atoms with van der Waals surface area (Å²) in [6.07, 6.45) is 0. The molecular weight excluding hydrogens is 121 g/mol. The fraction of sp³-hybridized carbons (Fsp3) is 0. The number of ether oxygens (including phenoxy) is 1. The van der Waals surface area contributed by atoms with Crippen LogP contribution in [-0.4, -0.2) is 0 Å². The van der Waals surface area contributed by atoms with E-state index in [4.69, 9.17) is 4.74 Å². The largest absolute Gasteiger partial charge is 0.449 e. The molecule has 0 spiro atoms. The number of hydrogen-bond donors (Lipinski definition) is 1. The van der Waals surface area contributed by atoms with Gasteiger partial charge >= 0.3 is 0 Å². The first kappa shape index (κ1) is 6.04. The molecule has 3 N–H and O–H groups in total. The number of benzene rings is 1. The lowest BCUT2D eigenvalue weighted by Crippen LogP contribution is -1.59. The molecule has 0 saturated heterocycles. The van der Waals surface area contributed by atoms with Gasteiger partial charge in [-0.25, -0.2) is 4.39 Å². The maximum atomic E-state index is 12.1. The molecule has 0 amide bonds. The molecule has 2 nitrogen and oxygen atoms in total. The highest BCUT2D eigenvalue weighted by molar-refractivity contribution is 5.53. The van der Waals surface area contributed by atoms with Crippen LogP contribution < -0.4 is 10.9 Å². The van der Waals surface area contributed by atoms with Crippen molar-refractivity contribution in [2.45, 2.75) is 0 Å². The van der Waals surface area contributed by atoms with E-state index in [1.165, 1.54) is 12.1 Å². The third-order valence-electron chi connectivity index (χ3n) is 1.08. The summed E-state index contributed by atoms with van der Waals surface area (Å²) in [4.78, 5) is 0. The average Bonchev–Trinajstić information content (AvgIpc) is 2.43. The van der Waals surface area contributed by atoms with Crippen molar-refractivity contribution in [3.63, 3.8) is 0 Å². The van der Waals surface area contributed by atoms with Crippen molar-refractivity contribution in [1.29, 1.82) is 0 Å². The van der Waals surface area contributed by atoms with Gasteiger partial charge < -0.3 is 10.9 Å². The molecular formula is C6H6FNO. The maximum Gasteiger partial charge on any atom is 0.173 e.